The second-order valence-corrected chi connectivity index (χ2v) is 5.82. The summed E-state index contributed by atoms with van der Waals surface area (Å²) in [5.41, 5.74) is 2.59. The highest BCUT2D eigenvalue weighted by Gasteiger charge is 2.11. The Bertz CT molecular complexity index is 640. The van der Waals surface area contributed by atoms with E-state index in [1.54, 1.807) is 18.4 Å². The van der Waals surface area contributed by atoms with E-state index in [4.69, 9.17) is 4.74 Å². The molecule has 0 fully saturated rings. The SMILES string of the molecule is COc1cc(NC(C)c2csc(C)n2)ccc1NC(C)=O. The molecule has 0 aliphatic carbocycles. The van der Waals surface area contributed by atoms with E-state index in [1.165, 1.54) is 6.92 Å². The molecule has 1 amide bonds. The lowest BCUT2D eigenvalue weighted by Gasteiger charge is -2.16. The lowest BCUT2D eigenvalue weighted by molar-refractivity contribution is -0.114. The van der Waals surface area contributed by atoms with Gasteiger partial charge in [-0.25, -0.2) is 4.98 Å². The minimum absolute atomic E-state index is 0.103. The first-order valence-electron chi connectivity index (χ1n) is 6.63. The average Bonchev–Trinajstić information content (AvgIpc) is 2.86. The van der Waals surface area contributed by atoms with E-state index in [-0.39, 0.29) is 11.9 Å². The van der Waals surface area contributed by atoms with Crippen molar-refractivity contribution in [3.63, 3.8) is 0 Å². The molecule has 1 aromatic heterocycles. The number of thiazole rings is 1. The summed E-state index contributed by atoms with van der Waals surface area (Å²) in [7, 11) is 1.58. The van der Waals surface area contributed by atoms with Crippen molar-refractivity contribution in [1.29, 1.82) is 0 Å². The van der Waals surface area contributed by atoms with Gasteiger partial charge < -0.3 is 15.4 Å². The summed E-state index contributed by atoms with van der Waals surface area (Å²) in [6.45, 7) is 5.52. The van der Waals surface area contributed by atoms with Crippen molar-refractivity contribution in [1.82, 2.24) is 4.98 Å². The van der Waals surface area contributed by atoms with Crippen LogP contribution in [-0.4, -0.2) is 18.0 Å². The fourth-order valence-corrected chi connectivity index (χ4v) is 2.68. The van der Waals surface area contributed by atoms with E-state index in [9.17, 15) is 4.79 Å². The normalized spacial score (nSPS) is 11.8. The van der Waals surface area contributed by atoms with Crippen LogP contribution in [0.25, 0.3) is 0 Å². The predicted octanol–water partition coefficient (Wildman–Crippen LogP) is 3.59. The van der Waals surface area contributed by atoms with E-state index in [2.05, 4.69) is 27.9 Å². The molecule has 0 aliphatic heterocycles. The molecular formula is C15H19N3O2S. The number of anilines is 2. The van der Waals surface area contributed by atoms with Crippen LogP contribution in [0.4, 0.5) is 11.4 Å². The lowest BCUT2D eigenvalue weighted by atomic mass is 10.2. The van der Waals surface area contributed by atoms with Crippen LogP contribution in [0.5, 0.6) is 5.75 Å². The third-order valence-electron chi connectivity index (χ3n) is 2.98. The zero-order chi connectivity index (χ0) is 15.4. The Labute approximate surface area is 128 Å². The van der Waals surface area contributed by atoms with Gasteiger partial charge in [0.2, 0.25) is 5.91 Å². The minimum Gasteiger partial charge on any atom is -0.494 e. The first kappa shape index (κ1) is 15.3. The van der Waals surface area contributed by atoms with Gasteiger partial charge in [-0.15, -0.1) is 11.3 Å². The first-order valence-corrected chi connectivity index (χ1v) is 7.51. The van der Waals surface area contributed by atoms with E-state index < -0.39 is 0 Å². The largest absolute Gasteiger partial charge is 0.494 e. The number of nitrogens with zero attached hydrogens (tertiary/aromatic N) is 1. The summed E-state index contributed by atoms with van der Waals surface area (Å²) in [5, 5.41) is 9.22. The number of ether oxygens (including phenoxy) is 1. The Balaban J connectivity index is 2.15. The minimum atomic E-state index is -0.125. The van der Waals surface area contributed by atoms with Crippen molar-refractivity contribution in [2.45, 2.75) is 26.8 Å². The number of aromatic nitrogens is 1. The van der Waals surface area contributed by atoms with Gasteiger partial charge in [-0.05, 0) is 26.0 Å². The molecule has 1 aromatic carbocycles. The number of methoxy groups -OCH3 is 1. The van der Waals surface area contributed by atoms with Gasteiger partial charge in [-0.1, -0.05) is 0 Å². The van der Waals surface area contributed by atoms with Gasteiger partial charge in [0.1, 0.15) is 5.75 Å². The number of amides is 1. The van der Waals surface area contributed by atoms with Crippen LogP contribution in [0.15, 0.2) is 23.6 Å². The average molecular weight is 305 g/mol. The van der Waals surface area contributed by atoms with Crippen molar-refractivity contribution < 1.29 is 9.53 Å². The first-order chi connectivity index (χ1) is 9.99. The Morgan fingerprint density at radius 2 is 2.19 bits per heavy atom. The summed E-state index contributed by atoms with van der Waals surface area (Å²) < 4.78 is 5.31. The number of benzene rings is 1. The van der Waals surface area contributed by atoms with Crippen LogP contribution >= 0.6 is 11.3 Å². The van der Waals surface area contributed by atoms with E-state index in [0.29, 0.717) is 11.4 Å². The summed E-state index contributed by atoms with van der Waals surface area (Å²) >= 11 is 1.64. The summed E-state index contributed by atoms with van der Waals surface area (Å²) in [6, 6.07) is 5.69. The molecule has 2 rings (SSSR count). The molecule has 2 N–H and O–H groups in total. The van der Waals surface area contributed by atoms with Crippen molar-refractivity contribution in [3.8, 4) is 5.75 Å². The highest BCUT2D eigenvalue weighted by Crippen LogP contribution is 2.30. The van der Waals surface area contributed by atoms with E-state index in [0.717, 1.165) is 16.4 Å². The molecule has 6 heteroatoms. The molecule has 0 saturated heterocycles. The maximum atomic E-state index is 11.1. The van der Waals surface area contributed by atoms with Crippen LogP contribution < -0.4 is 15.4 Å². The van der Waals surface area contributed by atoms with E-state index in [1.807, 2.05) is 25.1 Å². The van der Waals surface area contributed by atoms with Crippen LogP contribution in [0, 0.1) is 6.92 Å². The molecule has 2 aromatic rings. The molecule has 0 spiro atoms. The number of carbonyl (C=O) groups excluding carboxylic acids is 1. The Morgan fingerprint density at radius 1 is 1.43 bits per heavy atom. The molecule has 0 radical (unpaired) electrons. The quantitative estimate of drug-likeness (QED) is 0.886. The monoisotopic (exact) mass is 305 g/mol. The van der Waals surface area contributed by atoms with Gasteiger partial charge in [0, 0.05) is 24.1 Å². The van der Waals surface area contributed by atoms with E-state index >= 15 is 0 Å². The van der Waals surface area contributed by atoms with Gasteiger partial charge in [0.25, 0.3) is 0 Å². The van der Waals surface area contributed by atoms with Gasteiger partial charge >= 0.3 is 0 Å². The van der Waals surface area contributed by atoms with Gasteiger partial charge in [0.05, 0.1) is 29.5 Å². The van der Waals surface area contributed by atoms with Crippen molar-refractivity contribution >= 4 is 28.6 Å². The fraction of sp³-hybridized carbons (Fsp3) is 0.333. The topological polar surface area (TPSA) is 63.2 Å². The number of hydrogen-bond donors (Lipinski definition) is 2. The molecule has 5 nitrogen and oxygen atoms in total. The Morgan fingerprint density at radius 3 is 2.76 bits per heavy atom. The van der Waals surface area contributed by atoms with Crippen LogP contribution in [0.1, 0.15) is 30.6 Å². The second-order valence-electron chi connectivity index (χ2n) is 4.75. The smallest absolute Gasteiger partial charge is 0.221 e. The maximum Gasteiger partial charge on any atom is 0.221 e. The highest BCUT2D eigenvalue weighted by atomic mass is 32.1. The van der Waals surface area contributed by atoms with Crippen LogP contribution in [0.3, 0.4) is 0 Å². The third-order valence-corrected chi connectivity index (χ3v) is 3.77. The summed E-state index contributed by atoms with van der Waals surface area (Å²) in [5.74, 6) is 0.497. The molecule has 112 valence electrons. The highest BCUT2D eigenvalue weighted by molar-refractivity contribution is 7.09. The molecular weight excluding hydrogens is 286 g/mol. The number of nitrogens with one attached hydrogen (secondary N) is 2. The van der Waals surface area contributed by atoms with Crippen LogP contribution in [-0.2, 0) is 4.79 Å². The maximum absolute atomic E-state index is 11.1. The molecule has 0 bridgehead atoms. The predicted molar refractivity (Wildman–Crippen MR) is 86.2 cm³/mol. The third kappa shape index (κ3) is 3.95. The van der Waals surface area contributed by atoms with Crippen molar-refractivity contribution in [3.05, 3.63) is 34.3 Å². The lowest BCUT2D eigenvalue weighted by Crippen LogP contribution is -2.09. The molecule has 1 heterocycles. The number of aryl methyl sites for hydroxylation is 1. The summed E-state index contributed by atoms with van der Waals surface area (Å²) in [4.78, 5) is 15.6. The Kier molecular flexibility index (Phi) is 4.80. The molecule has 1 atom stereocenters. The van der Waals surface area contributed by atoms with Crippen molar-refractivity contribution in [2.24, 2.45) is 0 Å². The number of rotatable bonds is 5. The van der Waals surface area contributed by atoms with Crippen LogP contribution in [0.2, 0.25) is 0 Å². The summed E-state index contributed by atoms with van der Waals surface area (Å²) in [6.07, 6.45) is 0. The molecule has 21 heavy (non-hydrogen) atoms. The molecule has 1 unspecified atom stereocenters. The second kappa shape index (κ2) is 6.58. The Hall–Kier alpha value is -2.08. The molecule has 0 saturated carbocycles. The standard InChI is InChI=1S/C15H19N3O2S/c1-9(14-8-21-11(3)18-14)16-12-5-6-13(17-10(2)19)15(7-12)20-4/h5-9,16H,1-4H3,(H,17,19). The molecule has 0 aliphatic rings. The zero-order valence-electron chi connectivity index (χ0n) is 12.6. The number of carbonyl (C=O) groups is 1. The van der Waals surface area contributed by atoms with Gasteiger partial charge in [0.15, 0.2) is 0 Å². The number of hydrogen-bond acceptors (Lipinski definition) is 5. The zero-order valence-corrected chi connectivity index (χ0v) is 13.4. The van der Waals surface area contributed by atoms with Gasteiger partial charge in [-0.2, -0.15) is 0 Å². The van der Waals surface area contributed by atoms with Crippen molar-refractivity contribution in [2.75, 3.05) is 17.7 Å². The fourth-order valence-electron chi connectivity index (χ4n) is 1.98. The van der Waals surface area contributed by atoms with Gasteiger partial charge in [-0.3, -0.25) is 4.79 Å².